The summed E-state index contributed by atoms with van der Waals surface area (Å²) in [6.45, 7) is 7.59. The van der Waals surface area contributed by atoms with Crippen LogP contribution in [0.4, 0.5) is 4.79 Å². The number of hydrogen-bond acceptors (Lipinski definition) is 7. The van der Waals surface area contributed by atoms with Crippen LogP contribution < -0.4 is 5.73 Å². The molecule has 0 bridgehead atoms. The minimum atomic E-state index is -0.531. The van der Waals surface area contributed by atoms with E-state index in [1.807, 2.05) is 25.7 Å². The average molecular weight is 523 g/mol. The number of ether oxygens (including phenoxy) is 1. The minimum absolute atomic E-state index is 0.0656. The smallest absolute Gasteiger partial charge is 0.410 e. The lowest BCUT2D eigenvalue weighted by Crippen LogP contribution is -2.50. The first-order chi connectivity index (χ1) is 18.1. The Bertz CT molecular complexity index is 1130. The van der Waals surface area contributed by atoms with Gasteiger partial charge < -0.3 is 25.2 Å². The number of nitrogens with two attached hydrogens (primary N) is 1. The Hall–Kier alpha value is -3.53. The quantitative estimate of drug-likeness (QED) is 0.593. The standard InChI is InChI=1S/C28H38N6O4/c1-28(2,3)38-27(37)33-14-11-23(12-15-33)34(22-9-10-22)26(36)21-17-30-24(31-18-21)19-5-7-20(8-6-19)25(35)32(4)16-13-29/h5-8,17-18,22-23H,9-16,29H2,1-4H3. The molecular formula is C28H38N6O4. The lowest BCUT2D eigenvalue weighted by Gasteiger charge is -2.39. The van der Waals surface area contributed by atoms with E-state index in [1.54, 1.807) is 53.5 Å². The molecule has 1 aromatic heterocycles. The lowest BCUT2D eigenvalue weighted by atomic mass is 10.0. The Morgan fingerprint density at radius 3 is 2.05 bits per heavy atom. The number of likely N-dealkylation sites (tertiary alicyclic amines) is 1. The van der Waals surface area contributed by atoms with Crippen molar-refractivity contribution in [2.75, 3.05) is 33.2 Å². The van der Waals surface area contributed by atoms with E-state index in [2.05, 4.69) is 9.97 Å². The molecule has 1 saturated carbocycles. The van der Waals surface area contributed by atoms with E-state index in [9.17, 15) is 14.4 Å². The Morgan fingerprint density at radius 1 is 0.947 bits per heavy atom. The van der Waals surface area contributed by atoms with E-state index in [-0.39, 0.29) is 30.0 Å². The second kappa shape index (κ2) is 11.5. The summed E-state index contributed by atoms with van der Waals surface area (Å²) in [5, 5.41) is 0. The number of carbonyl (C=O) groups is 3. The summed E-state index contributed by atoms with van der Waals surface area (Å²) >= 11 is 0. The fourth-order valence-electron chi connectivity index (χ4n) is 4.65. The minimum Gasteiger partial charge on any atom is -0.444 e. The fourth-order valence-corrected chi connectivity index (χ4v) is 4.65. The number of nitrogens with zero attached hydrogens (tertiary/aromatic N) is 5. The summed E-state index contributed by atoms with van der Waals surface area (Å²) in [7, 11) is 1.72. The molecule has 2 aromatic rings. The van der Waals surface area contributed by atoms with Crippen molar-refractivity contribution in [1.82, 2.24) is 24.7 Å². The van der Waals surface area contributed by atoms with Crippen LogP contribution in [0.25, 0.3) is 11.4 Å². The van der Waals surface area contributed by atoms with E-state index in [1.165, 1.54) is 0 Å². The van der Waals surface area contributed by atoms with Gasteiger partial charge in [0.1, 0.15) is 5.60 Å². The van der Waals surface area contributed by atoms with Gasteiger partial charge in [0, 0.05) is 68.8 Å². The zero-order chi connectivity index (χ0) is 27.4. The van der Waals surface area contributed by atoms with Gasteiger partial charge in [0.25, 0.3) is 11.8 Å². The van der Waals surface area contributed by atoms with E-state index >= 15 is 0 Å². The predicted octanol–water partition coefficient (Wildman–Crippen LogP) is 3.18. The van der Waals surface area contributed by atoms with Crippen molar-refractivity contribution in [1.29, 1.82) is 0 Å². The largest absolute Gasteiger partial charge is 0.444 e. The first-order valence-electron chi connectivity index (χ1n) is 13.3. The average Bonchev–Trinajstić information content (AvgIpc) is 3.73. The van der Waals surface area contributed by atoms with Crippen LogP contribution in [0.2, 0.25) is 0 Å². The number of aromatic nitrogens is 2. The third kappa shape index (κ3) is 6.66. The number of hydrogen-bond donors (Lipinski definition) is 1. The number of likely N-dealkylation sites (N-methyl/N-ethyl adjacent to an activating group) is 1. The molecule has 3 amide bonds. The molecule has 0 atom stereocenters. The molecule has 2 fully saturated rings. The van der Waals surface area contributed by atoms with Crippen LogP contribution in [-0.4, -0.2) is 93.5 Å². The second-order valence-electron chi connectivity index (χ2n) is 11.0. The van der Waals surface area contributed by atoms with Crippen molar-refractivity contribution >= 4 is 17.9 Å². The number of rotatable bonds is 7. The Balaban J connectivity index is 1.39. The number of piperidine rings is 1. The predicted molar refractivity (Wildman–Crippen MR) is 144 cm³/mol. The maximum absolute atomic E-state index is 13.5. The van der Waals surface area contributed by atoms with Crippen molar-refractivity contribution in [3.63, 3.8) is 0 Å². The normalized spacial score (nSPS) is 16.2. The van der Waals surface area contributed by atoms with Crippen LogP contribution in [-0.2, 0) is 4.74 Å². The Kier molecular flexibility index (Phi) is 8.30. The molecule has 0 spiro atoms. The Morgan fingerprint density at radius 2 is 1.53 bits per heavy atom. The van der Waals surface area contributed by atoms with Crippen LogP contribution in [0.5, 0.6) is 0 Å². The van der Waals surface area contributed by atoms with Gasteiger partial charge in [0.05, 0.1) is 5.56 Å². The first-order valence-corrected chi connectivity index (χ1v) is 13.3. The maximum Gasteiger partial charge on any atom is 0.410 e. The van der Waals surface area contributed by atoms with Gasteiger partial charge in [-0.3, -0.25) is 9.59 Å². The van der Waals surface area contributed by atoms with Crippen molar-refractivity contribution in [2.24, 2.45) is 5.73 Å². The van der Waals surface area contributed by atoms with E-state index in [0.717, 1.165) is 18.4 Å². The highest BCUT2D eigenvalue weighted by Gasteiger charge is 2.40. The van der Waals surface area contributed by atoms with Gasteiger partial charge in [-0.1, -0.05) is 12.1 Å². The maximum atomic E-state index is 13.5. The number of carbonyl (C=O) groups excluding carboxylic acids is 3. The molecular weight excluding hydrogens is 484 g/mol. The topological polar surface area (TPSA) is 122 Å². The molecule has 10 nitrogen and oxygen atoms in total. The van der Waals surface area contributed by atoms with Crippen LogP contribution in [0.15, 0.2) is 36.7 Å². The highest BCUT2D eigenvalue weighted by atomic mass is 16.6. The van der Waals surface area contributed by atoms with Crippen molar-refractivity contribution < 1.29 is 19.1 Å². The molecule has 1 aliphatic heterocycles. The molecule has 1 aromatic carbocycles. The molecule has 2 aliphatic rings. The fraction of sp³-hybridized carbons (Fsp3) is 0.536. The molecule has 4 rings (SSSR count). The van der Waals surface area contributed by atoms with Crippen LogP contribution >= 0.6 is 0 Å². The summed E-state index contributed by atoms with van der Waals surface area (Å²) < 4.78 is 5.50. The first kappa shape index (κ1) is 27.5. The van der Waals surface area contributed by atoms with E-state index in [4.69, 9.17) is 10.5 Å². The van der Waals surface area contributed by atoms with Gasteiger partial charge in [0.15, 0.2) is 5.82 Å². The number of benzene rings is 1. The molecule has 204 valence electrons. The van der Waals surface area contributed by atoms with Gasteiger partial charge in [-0.05, 0) is 58.6 Å². The van der Waals surface area contributed by atoms with E-state index in [0.29, 0.717) is 56.0 Å². The molecule has 1 aliphatic carbocycles. The van der Waals surface area contributed by atoms with Gasteiger partial charge in [-0.15, -0.1) is 0 Å². The van der Waals surface area contributed by atoms with Crippen molar-refractivity contribution in [3.05, 3.63) is 47.8 Å². The molecule has 2 N–H and O–H groups in total. The third-order valence-corrected chi connectivity index (χ3v) is 6.78. The van der Waals surface area contributed by atoms with Crippen molar-refractivity contribution in [3.8, 4) is 11.4 Å². The SMILES string of the molecule is CN(CCN)C(=O)c1ccc(-c2ncc(C(=O)N(C3CC3)C3CCN(C(=O)OC(C)(C)C)CC3)cn2)cc1. The van der Waals surface area contributed by atoms with Gasteiger partial charge in [-0.2, -0.15) is 0 Å². The van der Waals surface area contributed by atoms with Crippen LogP contribution in [0.1, 0.15) is 67.2 Å². The Labute approximate surface area is 224 Å². The number of amides is 3. The second-order valence-corrected chi connectivity index (χ2v) is 11.0. The zero-order valence-electron chi connectivity index (χ0n) is 22.7. The lowest BCUT2D eigenvalue weighted by molar-refractivity contribution is 0.0142. The third-order valence-electron chi connectivity index (χ3n) is 6.78. The summed E-state index contributed by atoms with van der Waals surface area (Å²) in [6.07, 6.45) is 6.25. The zero-order valence-corrected chi connectivity index (χ0v) is 22.7. The molecule has 0 radical (unpaired) electrons. The summed E-state index contributed by atoms with van der Waals surface area (Å²) in [5.41, 5.74) is 6.78. The summed E-state index contributed by atoms with van der Waals surface area (Å²) in [5.74, 6) is 0.319. The summed E-state index contributed by atoms with van der Waals surface area (Å²) in [4.78, 5) is 52.5. The van der Waals surface area contributed by atoms with Crippen LogP contribution in [0.3, 0.4) is 0 Å². The molecule has 10 heteroatoms. The summed E-state index contributed by atoms with van der Waals surface area (Å²) in [6, 6.07) is 7.38. The highest BCUT2D eigenvalue weighted by molar-refractivity contribution is 5.95. The van der Waals surface area contributed by atoms with Crippen LogP contribution in [0, 0.1) is 0 Å². The molecule has 0 unspecified atom stereocenters. The van der Waals surface area contributed by atoms with Gasteiger partial charge in [0.2, 0.25) is 0 Å². The van der Waals surface area contributed by atoms with Gasteiger partial charge >= 0.3 is 6.09 Å². The molecule has 38 heavy (non-hydrogen) atoms. The monoisotopic (exact) mass is 522 g/mol. The van der Waals surface area contributed by atoms with Gasteiger partial charge in [-0.25, -0.2) is 14.8 Å². The van der Waals surface area contributed by atoms with E-state index < -0.39 is 5.60 Å². The van der Waals surface area contributed by atoms with Crippen molar-refractivity contribution in [2.45, 2.75) is 64.1 Å². The highest BCUT2D eigenvalue weighted by Crippen LogP contribution is 2.33. The molecule has 2 heterocycles. The molecule has 1 saturated heterocycles.